The van der Waals surface area contributed by atoms with E-state index in [4.69, 9.17) is 5.11 Å². The second-order valence-electron chi connectivity index (χ2n) is 4.16. The van der Waals surface area contributed by atoms with E-state index in [0.29, 0.717) is 5.69 Å². The summed E-state index contributed by atoms with van der Waals surface area (Å²) in [4.78, 5) is 26.3. The molecule has 1 aromatic heterocycles. The molecule has 0 unspecified atom stereocenters. The highest BCUT2D eigenvalue weighted by atomic mass is 16.4. The van der Waals surface area contributed by atoms with E-state index < -0.39 is 12.0 Å². The van der Waals surface area contributed by atoms with Gasteiger partial charge in [-0.05, 0) is 36.8 Å². The Balaban J connectivity index is 2.04. The number of aryl methyl sites for hydroxylation is 1. The fraction of sp³-hybridized carbons (Fsp3) is 0.0714. The molecule has 0 aliphatic carbocycles. The highest BCUT2D eigenvalue weighted by molar-refractivity contribution is 5.99. The number of rotatable bonds is 3. The number of benzene rings is 1. The Morgan fingerprint density at radius 2 is 1.85 bits per heavy atom. The van der Waals surface area contributed by atoms with E-state index in [1.165, 1.54) is 18.2 Å². The SMILES string of the molecule is Cc1cccc(NC(=O)Nc2cccc(C(=O)O)n2)c1. The summed E-state index contributed by atoms with van der Waals surface area (Å²) in [6, 6.07) is 11.2. The van der Waals surface area contributed by atoms with Gasteiger partial charge < -0.3 is 10.4 Å². The number of carbonyl (C=O) groups excluding carboxylic acids is 1. The van der Waals surface area contributed by atoms with Gasteiger partial charge in [-0.15, -0.1) is 0 Å². The molecule has 0 atom stereocenters. The lowest BCUT2D eigenvalue weighted by Crippen LogP contribution is -2.20. The second kappa shape index (κ2) is 5.83. The van der Waals surface area contributed by atoms with Crippen molar-refractivity contribution in [2.75, 3.05) is 10.6 Å². The van der Waals surface area contributed by atoms with Gasteiger partial charge in [-0.1, -0.05) is 18.2 Å². The number of hydrogen-bond donors (Lipinski definition) is 3. The third-order valence-electron chi connectivity index (χ3n) is 2.49. The lowest BCUT2D eigenvalue weighted by Gasteiger charge is -2.07. The van der Waals surface area contributed by atoms with Crippen molar-refractivity contribution >= 4 is 23.5 Å². The van der Waals surface area contributed by atoms with Crippen molar-refractivity contribution < 1.29 is 14.7 Å². The number of amides is 2. The highest BCUT2D eigenvalue weighted by Gasteiger charge is 2.07. The van der Waals surface area contributed by atoms with Crippen LogP contribution >= 0.6 is 0 Å². The van der Waals surface area contributed by atoms with E-state index in [2.05, 4.69) is 15.6 Å². The van der Waals surface area contributed by atoms with Crippen molar-refractivity contribution in [2.24, 2.45) is 0 Å². The number of carboxylic acids is 1. The van der Waals surface area contributed by atoms with E-state index >= 15 is 0 Å². The summed E-state index contributed by atoms with van der Waals surface area (Å²) >= 11 is 0. The van der Waals surface area contributed by atoms with E-state index in [9.17, 15) is 9.59 Å². The molecule has 102 valence electrons. The number of aromatic nitrogens is 1. The standard InChI is InChI=1S/C14H13N3O3/c1-9-4-2-5-10(8-9)15-14(20)17-12-7-3-6-11(16-12)13(18)19/h2-8H,1H3,(H,18,19)(H2,15,16,17,20). The van der Waals surface area contributed by atoms with Crippen LogP contribution in [0.2, 0.25) is 0 Å². The zero-order valence-electron chi connectivity index (χ0n) is 10.8. The molecular weight excluding hydrogens is 258 g/mol. The van der Waals surface area contributed by atoms with E-state index in [1.54, 1.807) is 6.07 Å². The predicted molar refractivity (Wildman–Crippen MR) is 75.0 cm³/mol. The van der Waals surface area contributed by atoms with Crippen LogP contribution in [0, 0.1) is 6.92 Å². The molecule has 3 N–H and O–H groups in total. The molecule has 6 heteroatoms. The third-order valence-corrected chi connectivity index (χ3v) is 2.49. The van der Waals surface area contributed by atoms with Crippen LogP contribution in [0.5, 0.6) is 0 Å². The Labute approximate surface area is 115 Å². The summed E-state index contributed by atoms with van der Waals surface area (Å²) < 4.78 is 0. The molecule has 0 bridgehead atoms. The number of hydrogen-bond acceptors (Lipinski definition) is 3. The molecule has 0 spiro atoms. The van der Waals surface area contributed by atoms with Crippen LogP contribution in [0.1, 0.15) is 16.1 Å². The third kappa shape index (κ3) is 3.55. The average molecular weight is 271 g/mol. The summed E-state index contributed by atoms with van der Waals surface area (Å²) in [5, 5.41) is 13.9. The molecule has 0 saturated carbocycles. The number of pyridine rings is 1. The summed E-state index contributed by atoms with van der Waals surface area (Å²) in [6.45, 7) is 1.92. The number of nitrogens with one attached hydrogen (secondary N) is 2. The van der Waals surface area contributed by atoms with Gasteiger partial charge in [-0.2, -0.15) is 0 Å². The van der Waals surface area contributed by atoms with Crippen molar-refractivity contribution in [2.45, 2.75) is 6.92 Å². The maximum Gasteiger partial charge on any atom is 0.354 e. The quantitative estimate of drug-likeness (QED) is 0.800. The number of carboxylic acid groups (broad SMARTS) is 1. The minimum Gasteiger partial charge on any atom is -0.477 e. The number of urea groups is 1. The molecule has 2 rings (SSSR count). The van der Waals surface area contributed by atoms with Gasteiger partial charge >= 0.3 is 12.0 Å². The van der Waals surface area contributed by atoms with Gasteiger partial charge in [0.25, 0.3) is 0 Å². The number of aromatic carboxylic acids is 1. The van der Waals surface area contributed by atoms with Crippen LogP contribution in [0.25, 0.3) is 0 Å². The van der Waals surface area contributed by atoms with Crippen molar-refractivity contribution in [3.05, 3.63) is 53.7 Å². The van der Waals surface area contributed by atoms with Gasteiger partial charge in [-0.25, -0.2) is 14.6 Å². The Morgan fingerprint density at radius 1 is 1.10 bits per heavy atom. The van der Waals surface area contributed by atoms with Crippen LogP contribution in [-0.2, 0) is 0 Å². The Kier molecular flexibility index (Phi) is 3.95. The maximum absolute atomic E-state index is 11.8. The smallest absolute Gasteiger partial charge is 0.354 e. The van der Waals surface area contributed by atoms with Gasteiger partial charge in [0.15, 0.2) is 5.69 Å². The molecule has 0 fully saturated rings. The van der Waals surface area contributed by atoms with Gasteiger partial charge in [0.2, 0.25) is 0 Å². The molecular formula is C14H13N3O3. The minimum absolute atomic E-state index is 0.127. The highest BCUT2D eigenvalue weighted by Crippen LogP contribution is 2.10. The average Bonchev–Trinajstić information content (AvgIpc) is 2.38. The van der Waals surface area contributed by atoms with E-state index in [0.717, 1.165) is 5.56 Å². The summed E-state index contributed by atoms with van der Waals surface area (Å²) in [7, 11) is 0. The first-order valence-corrected chi connectivity index (χ1v) is 5.89. The first kappa shape index (κ1) is 13.5. The molecule has 1 aromatic carbocycles. The van der Waals surface area contributed by atoms with Gasteiger partial charge in [-0.3, -0.25) is 5.32 Å². The predicted octanol–water partition coefficient (Wildman–Crippen LogP) is 2.73. The molecule has 20 heavy (non-hydrogen) atoms. The zero-order valence-corrected chi connectivity index (χ0v) is 10.8. The van der Waals surface area contributed by atoms with E-state index in [-0.39, 0.29) is 11.5 Å². The second-order valence-corrected chi connectivity index (χ2v) is 4.16. The van der Waals surface area contributed by atoms with Crippen LogP contribution < -0.4 is 10.6 Å². The Bertz CT molecular complexity index is 656. The monoisotopic (exact) mass is 271 g/mol. The van der Waals surface area contributed by atoms with Crippen molar-refractivity contribution in [1.82, 2.24) is 4.98 Å². The maximum atomic E-state index is 11.8. The van der Waals surface area contributed by atoms with Gasteiger partial charge in [0.1, 0.15) is 5.82 Å². The molecule has 2 amide bonds. The normalized spacial score (nSPS) is 9.85. The number of anilines is 2. The van der Waals surface area contributed by atoms with Gasteiger partial charge in [0, 0.05) is 5.69 Å². The van der Waals surface area contributed by atoms with Gasteiger partial charge in [0.05, 0.1) is 0 Å². The summed E-state index contributed by atoms with van der Waals surface area (Å²) in [5.74, 6) is -0.970. The van der Waals surface area contributed by atoms with Crippen LogP contribution in [0.3, 0.4) is 0 Å². The fourth-order valence-electron chi connectivity index (χ4n) is 1.62. The van der Waals surface area contributed by atoms with E-state index in [1.807, 2.05) is 25.1 Å². The summed E-state index contributed by atoms with van der Waals surface area (Å²) in [6.07, 6.45) is 0. The topological polar surface area (TPSA) is 91.3 Å². The number of nitrogens with zero attached hydrogens (tertiary/aromatic N) is 1. The molecule has 0 aliphatic heterocycles. The molecule has 1 heterocycles. The molecule has 0 radical (unpaired) electrons. The van der Waals surface area contributed by atoms with Crippen LogP contribution in [-0.4, -0.2) is 22.1 Å². The first-order chi connectivity index (χ1) is 9.54. The minimum atomic E-state index is -1.15. The molecule has 6 nitrogen and oxygen atoms in total. The van der Waals surface area contributed by atoms with Crippen molar-refractivity contribution in [3.8, 4) is 0 Å². The largest absolute Gasteiger partial charge is 0.477 e. The number of carbonyl (C=O) groups is 2. The van der Waals surface area contributed by atoms with Crippen LogP contribution in [0.15, 0.2) is 42.5 Å². The first-order valence-electron chi connectivity index (χ1n) is 5.89. The fourth-order valence-corrected chi connectivity index (χ4v) is 1.62. The molecule has 0 saturated heterocycles. The van der Waals surface area contributed by atoms with Crippen molar-refractivity contribution in [1.29, 1.82) is 0 Å². The zero-order chi connectivity index (χ0) is 14.5. The molecule has 0 aliphatic rings. The molecule has 2 aromatic rings. The lowest BCUT2D eigenvalue weighted by molar-refractivity contribution is 0.0690. The summed E-state index contributed by atoms with van der Waals surface area (Å²) in [5.41, 5.74) is 1.55. The lowest BCUT2D eigenvalue weighted by atomic mass is 10.2. The van der Waals surface area contributed by atoms with Crippen LogP contribution in [0.4, 0.5) is 16.3 Å². The van der Waals surface area contributed by atoms with Crippen molar-refractivity contribution in [3.63, 3.8) is 0 Å². The Morgan fingerprint density at radius 3 is 2.55 bits per heavy atom. The Hall–Kier alpha value is -2.89.